The van der Waals surface area contributed by atoms with Crippen molar-refractivity contribution in [1.29, 1.82) is 0 Å². The van der Waals surface area contributed by atoms with Gasteiger partial charge < -0.3 is 4.90 Å². The van der Waals surface area contributed by atoms with Gasteiger partial charge in [-0.25, -0.2) is 9.67 Å². The Labute approximate surface area is 207 Å². The zero-order chi connectivity index (χ0) is 23.4. The Bertz CT molecular complexity index is 1530. The number of para-hydroxylation sites is 1. The van der Waals surface area contributed by atoms with Crippen LogP contribution in [0.3, 0.4) is 0 Å². The number of benzene rings is 2. The third-order valence-corrected chi connectivity index (χ3v) is 6.97. The summed E-state index contributed by atoms with van der Waals surface area (Å²) in [4.78, 5) is 6.73. The molecule has 8 heteroatoms. The fourth-order valence-electron chi connectivity index (χ4n) is 4.88. The number of fused-ring (bicyclic) bond motifs is 2. The number of aryl methyl sites for hydroxylation is 2. The van der Waals surface area contributed by atoms with Gasteiger partial charge in [-0.1, -0.05) is 47.5 Å². The van der Waals surface area contributed by atoms with E-state index in [-0.39, 0.29) is 0 Å². The molecule has 0 saturated carbocycles. The van der Waals surface area contributed by atoms with Gasteiger partial charge >= 0.3 is 0 Å². The number of H-pyrrole nitrogens is 1. The van der Waals surface area contributed by atoms with Crippen molar-refractivity contribution in [2.24, 2.45) is 0 Å². The van der Waals surface area contributed by atoms with Crippen LogP contribution in [0, 0.1) is 13.8 Å². The first kappa shape index (κ1) is 21.2. The van der Waals surface area contributed by atoms with Crippen LogP contribution in [0.2, 0.25) is 10.0 Å². The van der Waals surface area contributed by atoms with Crippen LogP contribution in [-0.2, 0) is 13.0 Å². The molecule has 3 aromatic heterocycles. The van der Waals surface area contributed by atoms with Crippen molar-refractivity contribution in [2.75, 3.05) is 11.4 Å². The summed E-state index contributed by atoms with van der Waals surface area (Å²) in [6, 6.07) is 14.5. The van der Waals surface area contributed by atoms with Gasteiger partial charge in [0, 0.05) is 42.2 Å². The smallest absolute Gasteiger partial charge is 0.147 e. The van der Waals surface area contributed by atoms with Crippen molar-refractivity contribution in [3.05, 3.63) is 87.3 Å². The van der Waals surface area contributed by atoms with Crippen molar-refractivity contribution < 1.29 is 0 Å². The first-order valence-corrected chi connectivity index (χ1v) is 11.9. The maximum absolute atomic E-state index is 6.52. The molecule has 0 aliphatic carbocycles. The summed E-state index contributed by atoms with van der Waals surface area (Å²) in [5, 5.41) is 14.5. The van der Waals surface area contributed by atoms with Gasteiger partial charge in [-0.2, -0.15) is 10.2 Å². The highest BCUT2D eigenvalue weighted by molar-refractivity contribution is 6.36. The molecule has 2 aromatic carbocycles. The quantitative estimate of drug-likeness (QED) is 0.323. The summed E-state index contributed by atoms with van der Waals surface area (Å²) in [5.74, 6) is 0.743. The minimum atomic E-state index is 0.531. The summed E-state index contributed by atoms with van der Waals surface area (Å²) in [6.45, 7) is 5.71. The number of hydrogen-bond donors (Lipinski definition) is 1. The van der Waals surface area contributed by atoms with Gasteiger partial charge in [0.2, 0.25) is 0 Å². The third kappa shape index (κ3) is 3.45. The Morgan fingerprint density at radius 1 is 1.00 bits per heavy atom. The minimum absolute atomic E-state index is 0.531. The zero-order valence-electron chi connectivity index (χ0n) is 18.8. The number of halogens is 2. The maximum Gasteiger partial charge on any atom is 0.147 e. The number of pyridine rings is 1. The summed E-state index contributed by atoms with van der Waals surface area (Å²) >= 11 is 12.6. The van der Waals surface area contributed by atoms with Crippen LogP contribution in [0.1, 0.15) is 22.4 Å². The predicted octanol–water partition coefficient (Wildman–Crippen LogP) is 6.30. The topological polar surface area (TPSA) is 62.6 Å². The van der Waals surface area contributed by atoms with Gasteiger partial charge in [-0.3, -0.25) is 5.10 Å². The fourth-order valence-corrected chi connectivity index (χ4v) is 5.38. The molecule has 1 aliphatic heterocycles. The van der Waals surface area contributed by atoms with Gasteiger partial charge in [0.05, 0.1) is 38.8 Å². The number of aromatic amines is 1. The standard InChI is InChI=1S/C26H22Cl2N6/c1-15-4-3-5-16(2)24(15)34-25(17-6-7-22-18(10-17)12-30-31-22)20-14-33(9-8-23(20)32-34)26-21(28)11-19(27)13-29-26/h3-7,10-13H,8-9,14H2,1-2H3,(H,30,31). The van der Waals surface area contributed by atoms with E-state index in [9.17, 15) is 0 Å². The monoisotopic (exact) mass is 488 g/mol. The van der Waals surface area contributed by atoms with E-state index in [4.69, 9.17) is 28.3 Å². The van der Waals surface area contributed by atoms with Crippen LogP contribution < -0.4 is 4.90 Å². The Hall–Kier alpha value is -3.35. The first-order chi connectivity index (χ1) is 16.5. The Morgan fingerprint density at radius 2 is 1.82 bits per heavy atom. The molecule has 5 aromatic rings. The Morgan fingerprint density at radius 3 is 2.62 bits per heavy atom. The lowest BCUT2D eigenvalue weighted by atomic mass is 9.99. The van der Waals surface area contributed by atoms with Crippen LogP contribution in [0.4, 0.5) is 5.82 Å². The Balaban J connectivity index is 1.56. The van der Waals surface area contributed by atoms with E-state index in [0.29, 0.717) is 16.6 Å². The molecular weight excluding hydrogens is 467 g/mol. The van der Waals surface area contributed by atoms with Crippen molar-refractivity contribution in [2.45, 2.75) is 26.8 Å². The second kappa shape index (κ2) is 8.15. The maximum atomic E-state index is 6.52. The van der Waals surface area contributed by atoms with Crippen LogP contribution in [0.15, 0.2) is 54.9 Å². The molecule has 6 rings (SSSR count). The molecule has 0 fully saturated rings. The van der Waals surface area contributed by atoms with E-state index in [1.165, 1.54) is 16.7 Å². The molecule has 1 aliphatic rings. The average Bonchev–Trinajstić information content (AvgIpc) is 3.42. The van der Waals surface area contributed by atoms with E-state index < -0.39 is 0 Å². The minimum Gasteiger partial charge on any atom is -0.351 e. The van der Waals surface area contributed by atoms with E-state index in [1.807, 2.05) is 6.20 Å². The fraction of sp³-hybridized carbons (Fsp3) is 0.192. The highest BCUT2D eigenvalue weighted by Gasteiger charge is 2.28. The molecule has 170 valence electrons. The first-order valence-electron chi connectivity index (χ1n) is 11.2. The largest absolute Gasteiger partial charge is 0.351 e. The average molecular weight is 489 g/mol. The summed E-state index contributed by atoms with van der Waals surface area (Å²) in [6.07, 6.45) is 4.30. The molecule has 0 bridgehead atoms. The molecule has 6 nitrogen and oxygen atoms in total. The molecule has 0 amide bonds. The van der Waals surface area contributed by atoms with E-state index in [0.717, 1.165) is 52.3 Å². The van der Waals surface area contributed by atoms with E-state index in [2.05, 4.69) is 75.0 Å². The molecule has 1 N–H and O–H groups in total. The molecule has 0 saturated heterocycles. The lowest BCUT2D eigenvalue weighted by Gasteiger charge is -2.28. The molecule has 0 spiro atoms. The summed E-state index contributed by atoms with van der Waals surface area (Å²) in [5.41, 5.74) is 8.97. The number of nitrogens with zero attached hydrogens (tertiary/aromatic N) is 5. The number of nitrogens with one attached hydrogen (secondary N) is 1. The molecular formula is C26H22Cl2N6. The van der Waals surface area contributed by atoms with E-state index >= 15 is 0 Å². The van der Waals surface area contributed by atoms with Gasteiger partial charge in [-0.15, -0.1) is 0 Å². The highest BCUT2D eigenvalue weighted by Crippen LogP contribution is 2.37. The van der Waals surface area contributed by atoms with E-state index in [1.54, 1.807) is 12.3 Å². The highest BCUT2D eigenvalue weighted by atomic mass is 35.5. The molecule has 0 unspecified atom stereocenters. The molecule has 4 heterocycles. The second-order valence-corrected chi connectivity index (χ2v) is 9.57. The molecule has 0 radical (unpaired) electrons. The lowest BCUT2D eigenvalue weighted by Crippen LogP contribution is -2.31. The van der Waals surface area contributed by atoms with Crippen molar-refractivity contribution in [3.8, 4) is 16.9 Å². The van der Waals surface area contributed by atoms with Crippen molar-refractivity contribution in [1.82, 2.24) is 25.0 Å². The predicted molar refractivity (Wildman–Crippen MR) is 137 cm³/mol. The number of aromatic nitrogens is 5. The van der Waals surface area contributed by atoms with Gasteiger partial charge in [-0.05, 0) is 43.2 Å². The zero-order valence-corrected chi connectivity index (χ0v) is 20.3. The van der Waals surface area contributed by atoms with Crippen LogP contribution in [0.5, 0.6) is 0 Å². The summed E-state index contributed by atoms with van der Waals surface area (Å²) in [7, 11) is 0. The molecule has 0 atom stereocenters. The number of anilines is 1. The van der Waals surface area contributed by atoms with Crippen LogP contribution >= 0.6 is 23.2 Å². The Kier molecular flexibility index (Phi) is 5.08. The van der Waals surface area contributed by atoms with Gasteiger partial charge in [0.15, 0.2) is 0 Å². The van der Waals surface area contributed by atoms with Crippen molar-refractivity contribution in [3.63, 3.8) is 0 Å². The lowest BCUT2D eigenvalue weighted by molar-refractivity contribution is 0.706. The van der Waals surface area contributed by atoms with Crippen LogP contribution in [-0.4, -0.2) is 31.5 Å². The third-order valence-electron chi connectivity index (χ3n) is 6.49. The van der Waals surface area contributed by atoms with Crippen LogP contribution in [0.25, 0.3) is 27.8 Å². The van der Waals surface area contributed by atoms with Crippen molar-refractivity contribution >= 4 is 39.9 Å². The number of hydrogen-bond acceptors (Lipinski definition) is 4. The number of rotatable bonds is 3. The van der Waals surface area contributed by atoms with Gasteiger partial charge in [0.25, 0.3) is 0 Å². The SMILES string of the molecule is Cc1cccc(C)c1-n1nc2c(c1-c1ccc3[nH]ncc3c1)CN(c1ncc(Cl)cc1Cl)CC2. The van der Waals surface area contributed by atoms with Gasteiger partial charge in [0.1, 0.15) is 5.82 Å². The normalized spacial score (nSPS) is 13.5. The second-order valence-electron chi connectivity index (χ2n) is 8.73. The summed E-state index contributed by atoms with van der Waals surface area (Å²) < 4.78 is 2.12. The molecule has 34 heavy (non-hydrogen) atoms.